The minimum Gasteiger partial charge on any atom is -0.361 e. The van der Waals surface area contributed by atoms with Gasteiger partial charge in [-0.1, -0.05) is 11.6 Å². The Kier molecular flexibility index (Phi) is 4.84. The zero-order chi connectivity index (χ0) is 17.9. The molecule has 136 valence electrons. The number of nitrogens with one attached hydrogen (secondary N) is 3. The number of urea groups is 1. The highest BCUT2D eigenvalue weighted by atomic mass is 35.5. The van der Waals surface area contributed by atoms with Crippen LogP contribution < -0.4 is 5.32 Å². The van der Waals surface area contributed by atoms with Gasteiger partial charge in [0, 0.05) is 47.6 Å². The van der Waals surface area contributed by atoms with Crippen LogP contribution in [-0.2, 0) is 6.42 Å². The highest BCUT2D eigenvalue weighted by Gasteiger charge is 2.29. The summed E-state index contributed by atoms with van der Waals surface area (Å²) in [5.74, 6) is 0.867. The summed E-state index contributed by atoms with van der Waals surface area (Å²) >= 11 is 6.10. The number of carbonyl (C=O) groups excluding carboxylic acids is 1. The Hall–Kier alpha value is -2.47. The number of nitrogens with zero attached hydrogens (tertiary/aromatic N) is 2. The average molecular weight is 372 g/mol. The number of piperidine rings is 1. The molecule has 1 saturated heterocycles. The molecule has 0 bridgehead atoms. The molecular formula is C19H22ClN5O. The van der Waals surface area contributed by atoms with Gasteiger partial charge in [-0.3, -0.25) is 0 Å². The summed E-state index contributed by atoms with van der Waals surface area (Å²) in [5, 5.41) is 4.89. The quantitative estimate of drug-likeness (QED) is 0.647. The fourth-order valence-corrected chi connectivity index (χ4v) is 3.85. The third-order valence-electron chi connectivity index (χ3n) is 5.00. The van der Waals surface area contributed by atoms with E-state index in [1.165, 1.54) is 0 Å². The maximum Gasteiger partial charge on any atom is 0.318 e. The van der Waals surface area contributed by atoms with Gasteiger partial charge in [-0.15, -0.1) is 0 Å². The van der Waals surface area contributed by atoms with Crippen LogP contribution in [0.1, 0.15) is 36.7 Å². The van der Waals surface area contributed by atoms with Gasteiger partial charge in [-0.05, 0) is 49.4 Å². The summed E-state index contributed by atoms with van der Waals surface area (Å²) in [5.41, 5.74) is 2.22. The summed E-state index contributed by atoms with van der Waals surface area (Å²) in [4.78, 5) is 25.3. The average Bonchev–Trinajstić information content (AvgIpc) is 3.32. The second-order valence-electron chi connectivity index (χ2n) is 6.67. The van der Waals surface area contributed by atoms with E-state index in [1.807, 2.05) is 35.5 Å². The highest BCUT2D eigenvalue weighted by Crippen LogP contribution is 2.28. The predicted molar refractivity (Wildman–Crippen MR) is 102 cm³/mol. The molecule has 1 aromatic carbocycles. The first kappa shape index (κ1) is 17.0. The topological polar surface area (TPSA) is 76.8 Å². The third-order valence-corrected chi connectivity index (χ3v) is 5.23. The van der Waals surface area contributed by atoms with Crippen LogP contribution in [0.5, 0.6) is 0 Å². The van der Waals surface area contributed by atoms with Crippen molar-refractivity contribution in [2.75, 3.05) is 13.1 Å². The van der Waals surface area contributed by atoms with Gasteiger partial charge in [0.2, 0.25) is 0 Å². The number of hydrogen-bond donors (Lipinski definition) is 3. The number of hydrogen-bond acceptors (Lipinski definition) is 2. The second kappa shape index (κ2) is 7.41. The van der Waals surface area contributed by atoms with Crippen LogP contribution in [0.3, 0.4) is 0 Å². The molecular weight excluding hydrogens is 350 g/mol. The van der Waals surface area contributed by atoms with Gasteiger partial charge in [-0.2, -0.15) is 0 Å². The number of amides is 2. The van der Waals surface area contributed by atoms with Crippen molar-refractivity contribution in [2.24, 2.45) is 0 Å². The molecule has 0 saturated carbocycles. The van der Waals surface area contributed by atoms with Gasteiger partial charge in [-0.25, -0.2) is 9.78 Å². The van der Waals surface area contributed by atoms with Gasteiger partial charge >= 0.3 is 6.03 Å². The van der Waals surface area contributed by atoms with Crippen LogP contribution in [0.25, 0.3) is 10.9 Å². The van der Waals surface area contributed by atoms with Gasteiger partial charge in [0.25, 0.3) is 0 Å². The van der Waals surface area contributed by atoms with Gasteiger partial charge in [0.15, 0.2) is 0 Å². The Balaban J connectivity index is 1.39. The summed E-state index contributed by atoms with van der Waals surface area (Å²) < 4.78 is 0. The Bertz CT molecular complexity index is 889. The minimum atomic E-state index is -0.0241. The van der Waals surface area contributed by atoms with E-state index >= 15 is 0 Å². The van der Waals surface area contributed by atoms with Crippen molar-refractivity contribution >= 4 is 28.5 Å². The molecule has 1 unspecified atom stereocenters. The molecule has 0 radical (unpaired) electrons. The normalized spacial score (nSPS) is 17.6. The van der Waals surface area contributed by atoms with Crippen LogP contribution in [0, 0.1) is 0 Å². The largest absolute Gasteiger partial charge is 0.361 e. The molecule has 3 N–H and O–H groups in total. The number of aromatic amines is 2. The number of benzene rings is 1. The maximum absolute atomic E-state index is 12.7. The zero-order valence-electron chi connectivity index (χ0n) is 14.5. The Morgan fingerprint density at radius 1 is 1.35 bits per heavy atom. The fourth-order valence-electron chi connectivity index (χ4n) is 3.68. The van der Waals surface area contributed by atoms with Crippen molar-refractivity contribution < 1.29 is 4.79 Å². The Labute approximate surface area is 156 Å². The van der Waals surface area contributed by atoms with Crippen molar-refractivity contribution in [3.05, 3.63) is 53.2 Å². The van der Waals surface area contributed by atoms with Crippen molar-refractivity contribution in [1.29, 1.82) is 0 Å². The molecule has 1 aliphatic heterocycles. The van der Waals surface area contributed by atoms with E-state index < -0.39 is 0 Å². The molecule has 0 spiro atoms. The van der Waals surface area contributed by atoms with E-state index in [0.717, 1.165) is 59.5 Å². The molecule has 2 amide bonds. The first-order chi connectivity index (χ1) is 12.7. The molecule has 4 rings (SSSR count). The van der Waals surface area contributed by atoms with Crippen LogP contribution >= 0.6 is 11.6 Å². The predicted octanol–water partition coefficient (Wildman–Crippen LogP) is 4.02. The molecule has 1 fully saturated rings. The molecule has 3 heterocycles. The Morgan fingerprint density at radius 2 is 2.27 bits per heavy atom. The van der Waals surface area contributed by atoms with Crippen molar-refractivity contribution in [3.63, 3.8) is 0 Å². The van der Waals surface area contributed by atoms with Gasteiger partial charge in [0.1, 0.15) is 5.82 Å². The summed E-state index contributed by atoms with van der Waals surface area (Å²) in [6.45, 7) is 1.35. The third kappa shape index (κ3) is 3.42. The first-order valence-corrected chi connectivity index (χ1v) is 9.39. The lowest BCUT2D eigenvalue weighted by Gasteiger charge is -2.34. The monoisotopic (exact) mass is 371 g/mol. The van der Waals surface area contributed by atoms with Gasteiger partial charge in [0.05, 0.1) is 6.04 Å². The van der Waals surface area contributed by atoms with E-state index in [4.69, 9.17) is 11.6 Å². The number of rotatable bonds is 4. The lowest BCUT2D eigenvalue weighted by Crippen LogP contribution is -2.45. The molecule has 3 aromatic rings. The number of aromatic nitrogens is 3. The van der Waals surface area contributed by atoms with Crippen LogP contribution in [-0.4, -0.2) is 39.0 Å². The number of H-pyrrole nitrogens is 2. The van der Waals surface area contributed by atoms with Crippen molar-refractivity contribution in [3.8, 4) is 0 Å². The number of halogens is 1. The van der Waals surface area contributed by atoms with E-state index in [-0.39, 0.29) is 12.1 Å². The smallest absolute Gasteiger partial charge is 0.318 e. The standard InChI is InChI=1S/C19H22ClN5O/c20-14-4-5-16-15(11-14)13(12-24-16)6-7-23-19(26)25-10-2-1-3-17(25)18-21-8-9-22-18/h4-5,8-9,11-12,17,24H,1-3,6-7,10H2,(H,21,22)(H,23,26). The molecule has 7 heteroatoms. The van der Waals surface area contributed by atoms with E-state index in [2.05, 4.69) is 20.3 Å². The molecule has 2 aromatic heterocycles. The first-order valence-electron chi connectivity index (χ1n) is 9.01. The second-order valence-corrected chi connectivity index (χ2v) is 7.10. The fraction of sp³-hybridized carbons (Fsp3) is 0.368. The number of imidazole rings is 1. The van der Waals surface area contributed by atoms with E-state index in [9.17, 15) is 4.79 Å². The lowest BCUT2D eigenvalue weighted by molar-refractivity contribution is 0.148. The van der Waals surface area contributed by atoms with E-state index in [1.54, 1.807) is 6.20 Å². The number of likely N-dealkylation sites (tertiary alicyclic amines) is 1. The summed E-state index contributed by atoms with van der Waals surface area (Å²) in [6, 6.07) is 5.82. The maximum atomic E-state index is 12.7. The minimum absolute atomic E-state index is 0.0241. The summed E-state index contributed by atoms with van der Waals surface area (Å²) in [6.07, 6.45) is 9.38. The number of fused-ring (bicyclic) bond motifs is 1. The molecule has 26 heavy (non-hydrogen) atoms. The molecule has 1 aliphatic rings. The number of carbonyl (C=O) groups is 1. The highest BCUT2D eigenvalue weighted by molar-refractivity contribution is 6.31. The molecule has 1 atom stereocenters. The van der Waals surface area contributed by atoms with Crippen LogP contribution in [0.15, 0.2) is 36.8 Å². The van der Waals surface area contributed by atoms with Crippen LogP contribution in [0.4, 0.5) is 4.79 Å². The summed E-state index contributed by atoms with van der Waals surface area (Å²) in [7, 11) is 0. The van der Waals surface area contributed by atoms with Gasteiger partial charge < -0.3 is 20.2 Å². The lowest BCUT2D eigenvalue weighted by atomic mass is 10.0. The molecule has 6 nitrogen and oxygen atoms in total. The Morgan fingerprint density at radius 3 is 3.12 bits per heavy atom. The van der Waals surface area contributed by atoms with Crippen molar-refractivity contribution in [2.45, 2.75) is 31.7 Å². The van der Waals surface area contributed by atoms with E-state index in [0.29, 0.717) is 6.54 Å². The van der Waals surface area contributed by atoms with Crippen molar-refractivity contribution in [1.82, 2.24) is 25.2 Å². The van der Waals surface area contributed by atoms with Crippen LogP contribution in [0.2, 0.25) is 5.02 Å². The zero-order valence-corrected chi connectivity index (χ0v) is 15.2. The SMILES string of the molecule is O=C(NCCc1c[nH]c2ccc(Cl)cc12)N1CCCCC1c1ncc[nH]1. The molecule has 0 aliphatic carbocycles.